The number of aliphatic hydroxyl groups is 1. The molecule has 0 bridgehead atoms. The van der Waals surface area contributed by atoms with Gasteiger partial charge in [-0.25, -0.2) is 0 Å². The molecule has 1 unspecified atom stereocenters. The van der Waals surface area contributed by atoms with Gasteiger partial charge in [0.15, 0.2) is 0 Å². The van der Waals surface area contributed by atoms with E-state index in [-0.39, 0.29) is 11.6 Å². The highest BCUT2D eigenvalue weighted by Crippen LogP contribution is 2.13. The SMILES string of the molecule is CC(C)(Cc1ccccc1)NCN1CCC(O)C1. The Bertz CT molecular complexity index is 364. The molecule has 2 N–H and O–H groups in total. The molecule has 2 rings (SSSR count). The molecule has 100 valence electrons. The summed E-state index contributed by atoms with van der Waals surface area (Å²) in [6.07, 6.45) is 1.79. The van der Waals surface area contributed by atoms with Crippen LogP contribution in [0.4, 0.5) is 0 Å². The highest BCUT2D eigenvalue weighted by molar-refractivity contribution is 5.17. The van der Waals surface area contributed by atoms with E-state index in [2.05, 4.69) is 54.4 Å². The lowest BCUT2D eigenvalue weighted by Gasteiger charge is -2.29. The van der Waals surface area contributed by atoms with Gasteiger partial charge in [0, 0.05) is 25.3 Å². The van der Waals surface area contributed by atoms with Crippen LogP contribution >= 0.6 is 0 Å². The van der Waals surface area contributed by atoms with Crippen molar-refractivity contribution in [2.45, 2.75) is 38.3 Å². The molecule has 3 nitrogen and oxygen atoms in total. The standard InChI is InChI=1S/C15H24N2O/c1-15(2,10-13-6-4-3-5-7-13)16-12-17-9-8-14(18)11-17/h3-7,14,16,18H,8-12H2,1-2H3. The second-order valence-electron chi connectivity index (χ2n) is 5.90. The lowest BCUT2D eigenvalue weighted by Crippen LogP contribution is -2.47. The van der Waals surface area contributed by atoms with Crippen LogP contribution in [0.2, 0.25) is 0 Å². The van der Waals surface area contributed by atoms with E-state index in [1.54, 1.807) is 0 Å². The van der Waals surface area contributed by atoms with Gasteiger partial charge in [0.25, 0.3) is 0 Å². The van der Waals surface area contributed by atoms with E-state index in [4.69, 9.17) is 0 Å². The van der Waals surface area contributed by atoms with Crippen molar-refractivity contribution in [3.63, 3.8) is 0 Å². The minimum atomic E-state index is -0.135. The quantitative estimate of drug-likeness (QED) is 0.831. The molecule has 1 heterocycles. The largest absolute Gasteiger partial charge is 0.392 e. The van der Waals surface area contributed by atoms with Crippen LogP contribution in [0.15, 0.2) is 30.3 Å². The van der Waals surface area contributed by atoms with Gasteiger partial charge in [0.05, 0.1) is 6.10 Å². The van der Waals surface area contributed by atoms with Crippen LogP contribution in [0.5, 0.6) is 0 Å². The number of β-amino-alcohol motifs (C(OH)–C–C–N with tert-alkyl or cyclic N) is 1. The number of benzene rings is 1. The molecule has 1 aromatic carbocycles. The summed E-state index contributed by atoms with van der Waals surface area (Å²) in [4.78, 5) is 2.28. The van der Waals surface area contributed by atoms with Gasteiger partial charge < -0.3 is 5.11 Å². The maximum atomic E-state index is 9.49. The lowest BCUT2D eigenvalue weighted by molar-refractivity contribution is 0.167. The van der Waals surface area contributed by atoms with Crippen LogP contribution in [0.1, 0.15) is 25.8 Å². The molecule has 18 heavy (non-hydrogen) atoms. The Hall–Kier alpha value is -0.900. The van der Waals surface area contributed by atoms with Crippen molar-refractivity contribution in [1.82, 2.24) is 10.2 Å². The summed E-state index contributed by atoms with van der Waals surface area (Å²) in [5, 5.41) is 13.1. The summed E-state index contributed by atoms with van der Waals surface area (Å²) in [6.45, 7) is 7.11. The number of likely N-dealkylation sites (tertiary alicyclic amines) is 1. The maximum Gasteiger partial charge on any atom is 0.0679 e. The summed E-state index contributed by atoms with van der Waals surface area (Å²) >= 11 is 0. The Labute approximate surface area is 110 Å². The third-order valence-electron chi connectivity index (χ3n) is 3.52. The van der Waals surface area contributed by atoms with Crippen LogP contribution < -0.4 is 5.32 Å². The van der Waals surface area contributed by atoms with Crippen molar-refractivity contribution >= 4 is 0 Å². The maximum absolute atomic E-state index is 9.49. The molecule has 0 radical (unpaired) electrons. The Kier molecular flexibility index (Phi) is 4.38. The number of nitrogens with one attached hydrogen (secondary N) is 1. The third-order valence-corrected chi connectivity index (χ3v) is 3.52. The second-order valence-corrected chi connectivity index (χ2v) is 5.90. The zero-order valence-electron chi connectivity index (χ0n) is 11.4. The Morgan fingerprint density at radius 1 is 1.33 bits per heavy atom. The van der Waals surface area contributed by atoms with Crippen LogP contribution in [0.3, 0.4) is 0 Å². The summed E-state index contributed by atoms with van der Waals surface area (Å²) in [6, 6.07) is 10.6. The normalized spacial score (nSPS) is 21.4. The number of hydrogen-bond acceptors (Lipinski definition) is 3. The molecule has 0 aliphatic carbocycles. The topological polar surface area (TPSA) is 35.5 Å². The monoisotopic (exact) mass is 248 g/mol. The molecule has 1 saturated heterocycles. The first-order valence-corrected chi connectivity index (χ1v) is 6.74. The zero-order valence-corrected chi connectivity index (χ0v) is 11.4. The van der Waals surface area contributed by atoms with E-state index >= 15 is 0 Å². The van der Waals surface area contributed by atoms with E-state index in [0.29, 0.717) is 0 Å². The highest BCUT2D eigenvalue weighted by atomic mass is 16.3. The van der Waals surface area contributed by atoms with Crippen LogP contribution in [0.25, 0.3) is 0 Å². The Morgan fingerprint density at radius 2 is 2.06 bits per heavy atom. The van der Waals surface area contributed by atoms with E-state index in [0.717, 1.165) is 32.6 Å². The summed E-state index contributed by atoms with van der Waals surface area (Å²) in [5.41, 5.74) is 1.44. The fourth-order valence-corrected chi connectivity index (χ4v) is 2.45. The molecule has 0 amide bonds. The van der Waals surface area contributed by atoms with Crippen molar-refractivity contribution in [1.29, 1.82) is 0 Å². The fraction of sp³-hybridized carbons (Fsp3) is 0.600. The van der Waals surface area contributed by atoms with Gasteiger partial charge in [-0.05, 0) is 32.3 Å². The van der Waals surface area contributed by atoms with Crippen molar-refractivity contribution in [2.24, 2.45) is 0 Å². The summed E-state index contributed by atoms with van der Waals surface area (Å²) < 4.78 is 0. The Balaban J connectivity index is 1.80. The van der Waals surface area contributed by atoms with Crippen molar-refractivity contribution in [3.05, 3.63) is 35.9 Å². The molecule has 1 fully saturated rings. The number of nitrogens with zero attached hydrogens (tertiary/aromatic N) is 1. The van der Waals surface area contributed by atoms with E-state index in [1.807, 2.05) is 0 Å². The van der Waals surface area contributed by atoms with Crippen molar-refractivity contribution in [3.8, 4) is 0 Å². The third kappa shape index (κ3) is 4.09. The molecular weight excluding hydrogens is 224 g/mol. The van der Waals surface area contributed by atoms with Crippen LogP contribution in [-0.2, 0) is 6.42 Å². The van der Waals surface area contributed by atoms with Crippen LogP contribution in [-0.4, -0.2) is 41.4 Å². The first-order valence-electron chi connectivity index (χ1n) is 6.74. The minimum Gasteiger partial charge on any atom is -0.392 e. The van der Waals surface area contributed by atoms with Gasteiger partial charge in [0.2, 0.25) is 0 Å². The number of rotatable bonds is 5. The van der Waals surface area contributed by atoms with Gasteiger partial charge in [-0.2, -0.15) is 0 Å². The molecule has 0 spiro atoms. The number of aliphatic hydroxyl groups excluding tert-OH is 1. The molecule has 1 aliphatic rings. The molecule has 3 heteroatoms. The van der Waals surface area contributed by atoms with Gasteiger partial charge in [-0.15, -0.1) is 0 Å². The van der Waals surface area contributed by atoms with Crippen molar-refractivity contribution in [2.75, 3.05) is 19.8 Å². The molecule has 1 aromatic rings. The van der Waals surface area contributed by atoms with E-state index < -0.39 is 0 Å². The summed E-state index contributed by atoms with van der Waals surface area (Å²) in [7, 11) is 0. The first-order chi connectivity index (χ1) is 8.55. The van der Waals surface area contributed by atoms with E-state index in [1.165, 1.54) is 5.56 Å². The molecule has 1 aliphatic heterocycles. The minimum absolute atomic E-state index is 0.0783. The van der Waals surface area contributed by atoms with Gasteiger partial charge in [-0.1, -0.05) is 30.3 Å². The highest BCUT2D eigenvalue weighted by Gasteiger charge is 2.23. The lowest BCUT2D eigenvalue weighted by atomic mass is 9.95. The zero-order chi connectivity index (χ0) is 13.0. The molecule has 0 saturated carbocycles. The van der Waals surface area contributed by atoms with Gasteiger partial charge in [-0.3, -0.25) is 10.2 Å². The average Bonchev–Trinajstić information content (AvgIpc) is 2.74. The second kappa shape index (κ2) is 5.83. The smallest absolute Gasteiger partial charge is 0.0679 e. The molecule has 1 atom stereocenters. The Morgan fingerprint density at radius 3 is 2.67 bits per heavy atom. The van der Waals surface area contributed by atoms with Gasteiger partial charge >= 0.3 is 0 Å². The molecular formula is C15H24N2O. The first kappa shape index (κ1) is 13.5. The molecule has 0 aromatic heterocycles. The average molecular weight is 248 g/mol. The fourth-order valence-electron chi connectivity index (χ4n) is 2.45. The predicted molar refractivity (Wildman–Crippen MR) is 74.4 cm³/mol. The predicted octanol–water partition coefficient (Wildman–Crippen LogP) is 1.62. The van der Waals surface area contributed by atoms with E-state index in [9.17, 15) is 5.11 Å². The van der Waals surface area contributed by atoms with Crippen LogP contribution in [0, 0.1) is 0 Å². The van der Waals surface area contributed by atoms with Crippen molar-refractivity contribution < 1.29 is 5.11 Å². The summed E-state index contributed by atoms with van der Waals surface area (Å²) in [5.74, 6) is 0. The van der Waals surface area contributed by atoms with Gasteiger partial charge in [0.1, 0.15) is 0 Å². The number of hydrogen-bond donors (Lipinski definition) is 2.